The fourth-order valence-corrected chi connectivity index (χ4v) is 15.6. The molecule has 0 unspecified atom stereocenters. The SMILES string of the molecule is CCCCCCCCCCCCSC(SCCCCCCCCCCCC)C(SCCCCCCCCCCCC)(SCCCCCCCCCCCC)C(=O)OCC(CO)(CO)CO. The highest BCUT2D eigenvalue weighted by Gasteiger charge is 2.49. The fraction of sp³-hybridized carbons (Fsp3) is 0.982. The maximum atomic E-state index is 15.0. The Morgan fingerprint density at radius 1 is 0.369 bits per heavy atom. The van der Waals surface area contributed by atoms with Gasteiger partial charge in [0, 0.05) is 0 Å². The predicted molar refractivity (Wildman–Crippen MR) is 298 cm³/mol. The lowest BCUT2D eigenvalue weighted by molar-refractivity contribution is -0.151. The van der Waals surface area contributed by atoms with Gasteiger partial charge in [0.25, 0.3) is 0 Å². The molecule has 0 aromatic heterocycles. The molecule has 0 aromatic rings. The molecule has 0 atom stereocenters. The van der Waals surface area contributed by atoms with Gasteiger partial charge in [-0.2, -0.15) is 0 Å². The number of aliphatic hydroxyl groups excluding tert-OH is 3. The van der Waals surface area contributed by atoms with Crippen LogP contribution in [-0.2, 0) is 9.53 Å². The van der Waals surface area contributed by atoms with E-state index in [1.54, 1.807) is 0 Å². The number of esters is 1. The Morgan fingerprint density at radius 3 is 0.846 bits per heavy atom. The third kappa shape index (κ3) is 38.1. The molecule has 0 amide bonds. The summed E-state index contributed by atoms with van der Waals surface area (Å²) in [5.74, 6) is 3.73. The van der Waals surface area contributed by atoms with E-state index in [2.05, 4.69) is 27.7 Å². The van der Waals surface area contributed by atoms with Crippen LogP contribution in [0.5, 0.6) is 0 Å². The summed E-state index contributed by atoms with van der Waals surface area (Å²) in [4.78, 5) is 15.0. The molecule has 0 aliphatic heterocycles. The Hall–Kier alpha value is 0.750. The zero-order chi connectivity index (χ0) is 47.6. The van der Waals surface area contributed by atoms with Crippen LogP contribution in [0.15, 0.2) is 0 Å². The average molecular weight is 994 g/mol. The maximum absolute atomic E-state index is 15.0. The van der Waals surface area contributed by atoms with E-state index >= 15 is 0 Å². The number of ether oxygens (including phenoxy) is 1. The van der Waals surface area contributed by atoms with E-state index in [0.29, 0.717) is 0 Å². The quantitative estimate of drug-likeness (QED) is 0.0313. The summed E-state index contributed by atoms with van der Waals surface area (Å²) in [5.41, 5.74) is -1.24. The summed E-state index contributed by atoms with van der Waals surface area (Å²) in [6, 6.07) is 0. The third-order valence-corrected chi connectivity index (χ3v) is 20.4. The van der Waals surface area contributed by atoms with Crippen molar-refractivity contribution in [2.45, 2.75) is 293 Å². The molecule has 5 nitrogen and oxygen atoms in total. The van der Waals surface area contributed by atoms with Crippen LogP contribution in [0.2, 0.25) is 0 Å². The summed E-state index contributed by atoms with van der Waals surface area (Å²) >= 11 is 7.69. The van der Waals surface area contributed by atoms with E-state index in [0.717, 1.165) is 35.9 Å². The van der Waals surface area contributed by atoms with Crippen molar-refractivity contribution in [1.29, 1.82) is 0 Å². The zero-order valence-electron chi connectivity index (χ0n) is 43.8. The van der Waals surface area contributed by atoms with Crippen LogP contribution in [0.4, 0.5) is 0 Å². The number of carbonyl (C=O) groups is 1. The highest BCUT2D eigenvalue weighted by atomic mass is 32.2. The van der Waals surface area contributed by atoms with E-state index < -0.39 is 29.3 Å². The standard InChI is InChI=1S/C56H112O5S4/c1-5-9-13-17-21-25-29-33-37-41-45-62-54(63-46-42-38-34-30-26-22-18-14-10-6-2)56(53(60)61-52-55(49-57,50-58)51-59,64-47-43-39-35-31-27-23-19-15-11-7-3)65-48-44-40-36-32-28-24-20-16-12-8-4/h54,57-59H,5-52H2,1-4H3. The first-order valence-electron chi connectivity index (χ1n) is 28.5. The number of carbonyl (C=O) groups excluding carboxylic acids is 1. The molecule has 0 saturated carbocycles. The lowest BCUT2D eigenvalue weighted by atomic mass is 9.93. The van der Waals surface area contributed by atoms with Crippen molar-refractivity contribution >= 4 is 53.0 Å². The lowest BCUT2D eigenvalue weighted by Gasteiger charge is -2.38. The van der Waals surface area contributed by atoms with Crippen molar-refractivity contribution in [1.82, 2.24) is 0 Å². The molecular weight excluding hydrogens is 881 g/mol. The van der Waals surface area contributed by atoms with Crippen LogP contribution in [0.25, 0.3) is 0 Å². The van der Waals surface area contributed by atoms with E-state index in [-0.39, 0.29) is 17.2 Å². The third-order valence-electron chi connectivity index (χ3n) is 13.3. The first kappa shape index (κ1) is 65.8. The Bertz CT molecular complexity index is 893. The van der Waals surface area contributed by atoms with Gasteiger partial charge in [0.05, 0.1) is 29.8 Å². The number of rotatable bonds is 55. The first-order chi connectivity index (χ1) is 32.0. The molecule has 0 radical (unpaired) electrons. The largest absolute Gasteiger partial charge is 0.463 e. The zero-order valence-corrected chi connectivity index (χ0v) is 47.1. The summed E-state index contributed by atoms with van der Waals surface area (Å²) < 4.78 is 5.50. The normalized spacial score (nSPS) is 12.2. The van der Waals surface area contributed by atoms with Crippen molar-refractivity contribution in [2.24, 2.45) is 5.41 Å². The molecular formula is C56H112O5S4. The number of unbranched alkanes of at least 4 members (excludes halogenated alkanes) is 36. The van der Waals surface area contributed by atoms with Gasteiger partial charge < -0.3 is 20.1 Å². The fourth-order valence-electron chi connectivity index (χ4n) is 8.45. The Labute approximate surface area is 423 Å². The molecule has 0 saturated heterocycles. The van der Waals surface area contributed by atoms with Crippen molar-refractivity contribution in [2.75, 3.05) is 49.4 Å². The highest BCUT2D eigenvalue weighted by molar-refractivity contribution is 8.25. The van der Waals surface area contributed by atoms with Crippen LogP contribution in [0, 0.1) is 5.41 Å². The second-order valence-corrected chi connectivity index (χ2v) is 25.4. The van der Waals surface area contributed by atoms with E-state index in [1.807, 2.05) is 47.0 Å². The van der Waals surface area contributed by atoms with Crippen molar-refractivity contribution in [3.8, 4) is 0 Å². The molecule has 390 valence electrons. The minimum absolute atomic E-state index is 0.0418. The van der Waals surface area contributed by atoms with Crippen molar-refractivity contribution in [3.63, 3.8) is 0 Å². The molecule has 65 heavy (non-hydrogen) atoms. The van der Waals surface area contributed by atoms with Gasteiger partial charge in [0.15, 0.2) is 4.08 Å². The number of thioether (sulfide) groups is 4. The van der Waals surface area contributed by atoms with Crippen molar-refractivity contribution in [3.05, 3.63) is 0 Å². The van der Waals surface area contributed by atoms with E-state index in [4.69, 9.17) is 4.74 Å². The Balaban J connectivity index is 6.12. The molecule has 0 aliphatic carbocycles. The van der Waals surface area contributed by atoms with Gasteiger partial charge in [0.2, 0.25) is 0 Å². The Morgan fingerprint density at radius 2 is 0.600 bits per heavy atom. The summed E-state index contributed by atoms with van der Waals surface area (Å²) in [7, 11) is 0. The van der Waals surface area contributed by atoms with E-state index in [1.165, 1.54) is 244 Å². The molecule has 0 fully saturated rings. The number of aliphatic hydroxyl groups is 3. The van der Waals surface area contributed by atoms with Crippen LogP contribution < -0.4 is 0 Å². The van der Waals surface area contributed by atoms with Gasteiger partial charge in [0.1, 0.15) is 6.61 Å². The molecule has 0 heterocycles. The number of hydrogen-bond donors (Lipinski definition) is 3. The Kier molecular flexibility index (Phi) is 51.7. The number of hydrogen-bond acceptors (Lipinski definition) is 9. The monoisotopic (exact) mass is 993 g/mol. The van der Waals surface area contributed by atoms with Gasteiger partial charge in [-0.25, -0.2) is 4.79 Å². The van der Waals surface area contributed by atoms with Gasteiger partial charge in [-0.1, -0.05) is 259 Å². The maximum Gasteiger partial charge on any atom is 0.334 e. The van der Waals surface area contributed by atoms with Crippen LogP contribution in [0.3, 0.4) is 0 Å². The second-order valence-electron chi connectivity index (χ2n) is 19.7. The summed E-state index contributed by atoms with van der Waals surface area (Å²) in [6.07, 6.45) is 52.2. The van der Waals surface area contributed by atoms with Gasteiger partial charge >= 0.3 is 5.97 Å². The van der Waals surface area contributed by atoms with Gasteiger partial charge in [-0.05, 0) is 48.7 Å². The average Bonchev–Trinajstić information content (AvgIpc) is 3.32. The van der Waals surface area contributed by atoms with Crippen LogP contribution >= 0.6 is 47.0 Å². The molecule has 0 spiro atoms. The first-order valence-corrected chi connectivity index (χ1v) is 32.5. The highest BCUT2D eigenvalue weighted by Crippen LogP contribution is 2.52. The van der Waals surface area contributed by atoms with Crippen LogP contribution in [-0.4, -0.2) is 79.4 Å². The molecule has 9 heteroatoms. The lowest BCUT2D eigenvalue weighted by Crippen LogP contribution is -2.46. The van der Waals surface area contributed by atoms with Crippen LogP contribution in [0.1, 0.15) is 285 Å². The molecule has 0 aliphatic rings. The molecule has 3 N–H and O–H groups in total. The van der Waals surface area contributed by atoms with Gasteiger partial charge in [-0.15, -0.1) is 47.0 Å². The minimum atomic E-state index is -1.24. The topological polar surface area (TPSA) is 87.0 Å². The summed E-state index contributed by atoms with van der Waals surface area (Å²) in [5, 5.41) is 30.7. The van der Waals surface area contributed by atoms with Gasteiger partial charge in [-0.3, -0.25) is 0 Å². The van der Waals surface area contributed by atoms with E-state index in [9.17, 15) is 20.1 Å². The summed E-state index contributed by atoms with van der Waals surface area (Å²) in [6.45, 7) is 7.69. The smallest absolute Gasteiger partial charge is 0.334 e. The second kappa shape index (κ2) is 51.1. The molecule has 0 bridgehead atoms. The minimum Gasteiger partial charge on any atom is -0.463 e. The molecule has 0 rings (SSSR count). The van der Waals surface area contributed by atoms with Crippen molar-refractivity contribution < 1.29 is 24.9 Å². The predicted octanol–water partition coefficient (Wildman–Crippen LogP) is 18.1. The molecule has 0 aromatic carbocycles.